The summed E-state index contributed by atoms with van der Waals surface area (Å²) in [5.41, 5.74) is 0.635. The van der Waals surface area contributed by atoms with Crippen molar-refractivity contribution in [2.75, 3.05) is 0 Å². The molecule has 0 bridgehead atoms. The third-order valence-electron chi connectivity index (χ3n) is 3.01. The molecular formula is C14H18N4OS. The molecule has 2 N–H and O–H groups in total. The van der Waals surface area contributed by atoms with Crippen molar-refractivity contribution in [1.82, 2.24) is 20.1 Å². The zero-order valence-corrected chi connectivity index (χ0v) is 12.4. The molecule has 2 rings (SSSR count). The molecule has 1 aromatic heterocycles. The first-order chi connectivity index (χ1) is 9.63. The minimum Gasteiger partial charge on any atom is -0.342 e. The molecule has 0 fully saturated rings. The lowest BCUT2D eigenvalue weighted by atomic mass is 10.2. The molecule has 1 aromatic carbocycles. The van der Waals surface area contributed by atoms with Gasteiger partial charge in [-0.25, -0.2) is 0 Å². The summed E-state index contributed by atoms with van der Waals surface area (Å²) in [5, 5.41) is 9.93. The second-order valence-corrected chi connectivity index (χ2v) is 4.99. The molecule has 106 valence electrons. The molecule has 0 unspecified atom stereocenters. The van der Waals surface area contributed by atoms with Crippen molar-refractivity contribution >= 4 is 18.1 Å². The zero-order chi connectivity index (χ0) is 14.5. The summed E-state index contributed by atoms with van der Waals surface area (Å²) in [4.78, 5) is 12.1. The van der Waals surface area contributed by atoms with Crippen LogP contribution in [0.15, 0.2) is 30.3 Å². The van der Waals surface area contributed by atoms with Crippen LogP contribution in [-0.4, -0.2) is 20.7 Å². The highest BCUT2D eigenvalue weighted by molar-refractivity contribution is 7.71. The van der Waals surface area contributed by atoms with Gasteiger partial charge in [-0.05, 0) is 37.7 Å². The molecule has 2 aromatic rings. The van der Waals surface area contributed by atoms with Gasteiger partial charge in [0.05, 0.1) is 6.04 Å². The first kappa shape index (κ1) is 14.5. The number of benzene rings is 1. The van der Waals surface area contributed by atoms with Crippen LogP contribution in [0, 0.1) is 4.77 Å². The van der Waals surface area contributed by atoms with Gasteiger partial charge in [-0.3, -0.25) is 9.89 Å². The largest absolute Gasteiger partial charge is 0.342 e. The molecule has 1 amide bonds. The lowest BCUT2D eigenvalue weighted by molar-refractivity contribution is 0.0937. The number of nitrogens with one attached hydrogen (secondary N) is 2. The molecule has 0 saturated carbocycles. The van der Waals surface area contributed by atoms with Crippen molar-refractivity contribution in [3.05, 3.63) is 46.5 Å². The molecule has 0 aliphatic heterocycles. The number of nitrogens with zero attached hydrogens (tertiary/aromatic N) is 2. The number of carbonyl (C=O) groups excluding carboxylic acids is 1. The van der Waals surface area contributed by atoms with Gasteiger partial charge >= 0.3 is 0 Å². The minimum atomic E-state index is -0.206. The summed E-state index contributed by atoms with van der Waals surface area (Å²) in [6, 6.07) is 8.92. The molecule has 0 radical (unpaired) electrons. The van der Waals surface area contributed by atoms with Gasteiger partial charge in [-0.2, -0.15) is 5.10 Å². The monoisotopic (exact) mass is 290 g/mol. The predicted molar refractivity (Wildman–Crippen MR) is 80.0 cm³/mol. The number of hydrogen-bond acceptors (Lipinski definition) is 3. The van der Waals surface area contributed by atoms with Crippen LogP contribution in [0.25, 0.3) is 0 Å². The van der Waals surface area contributed by atoms with Crippen molar-refractivity contribution in [2.45, 2.75) is 32.9 Å². The number of carbonyl (C=O) groups is 1. The summed E-state index contributed by atoms with van der Waals surface area (Å²) >= 11 is 5.20. The Kier molecular flexibility index (Phi) is 4.68. The lowest BCUT2D eigenvalue weighted by Gasteiger charge is -2.14. The van der Waals surface area contributed by atoms with Gasteiger partial charge in [-0.1, -0.05) is 25.1 Å². The van der Waals surface area contributed by atoms with Crippen LogP contribution in [0.3, 0.4) is 0 Å². The van der Waals surface area contributed by atoms with Crippen LogP contribution in [0.2, 0.25) is 0 Å². The van der Waals surface area contributed by atoms with E-state index >= 15 is 0 Å². The van der Waals surface area contributed by atoms with Gasteiger partial charge in [0.2, 0.25) is 0 Å². The molecule has 20 heavy (non-hydrogen) atoms. The standard InChI is InChI=1S/C14H18N4OS/c1-3-9-18-12(16-17-14(18)20)10(2)15-13(19)11-7-5-4-6-8-11/h4-8,10H,3,9H2,1-2H3,(H,15,19)(H,17,20)/t10-/m1/s1. The van der Waals surface area contributed by atoms with Crippen molar-refractivity contribution < 1.29 is 4.79 Å². The summed E-state index contributed by atoms with van der Waals surface area (Å²) in [5.74, 6) is 0.635. The maximum atomic E-state index is 12.1. The van der Waals surface area contributed by atoms with E-state index in [-0.39, 0.29) is 11.9 Å². The Hall–Kier alpha value is -1.95. The fourth-order valence-electron chi connectivity index (χ4n) is 2.03. The van der Waals surface area contributed by atoms with Gasteiger partial charge < -0.3 is 9.88 Å². The maximum Gasteiger partial charge on any atom is 0.251 e. The van der Waals surface area contributed by atoms with E-state index in [0.717, 1.165) is 18.8 Å². The molecule has 0 saturated heterocycles. The van der Waals surface area contributed by atoms with Gasteiger partial charge in [0, 0.05) is 12.1 Å². The van der Waals surface area contributed by atoms with E-state index in [1.165, 1.54) is 0 Å². The number of aromatic amines is 1. The zero-order valence-electron chi connectivity index (χ0n) is 11.6. The SMILES string of the molecule is CCCn1c([C@@H](C)NC(=O)c2ccccc2)n[nH]c1=S. The van der Waals surface area contributed by atoms with Crippen LogP contribution in [0.4, 0.5) is 0 Å². The molecular weight excluding hydrogens is 272 g/mol. The van der Waals surface area contributed by atoms with Gasteiger partial charge in [0.15, 0.2) is 10.6 Å². The normalized spacial score (nSPS) is 12.1. The lowest BCUT2D eigenvalue weighted by Crippen LogP contribution is -2.28. The molecule has 0 aliphatic rings. The van der Waals surface area contributed by atoms with Crippen molar-refractivity contribution in [2.24, 2.45) is 0 Å². The second kappa shape index (κ2) is 6.47. The molecule has 0 aliphatic carbocycles. The molecule has 6 heteroatoms. The Morgan fingerprint density at radius 3 is 2.80 bits per heavy atom. The molecule has 0 spiro atoms. The van der Waals surface area contributed by atoms with E-state index in [4.69, 9.17) is 12.2 Å². The fraction of sp³-hybridized carbons (Fsp3) is 0.357. The maximum absolute atomic E-state index is 12.1. The molecule has 1 heterocycles. The van der Waals surface area contributed by atoms with Crippen molar-refractivity contribution in [3.63, 3.8) is 0 Å². The first-order valence-corrected chi connectivity index (χ1v) is 7.05. The van der Waals surface area contributed by atoms with Gasteiger partial charge in [0.25, 0.3) is 5.91 Å². The average molecular weight is 290 g/mol. The van der Waals surface area contributed by atoms with Crippen LogP contribution in [-0.2, 0) is 6.54 Å². The third-order valence-corrected chi connectivity index (χ3v) is 3.32. The second-order valence-electron chi connectivity index (χ2n) is 4.60. The van der Waals surface area contributed by atoms with Crippen LogP contribution < -0.4 is 5.32 Å². The smallest absolute Gasteiger partial charge is 0.251 e. The Morgan fingerprint density at radius 2 is 2.15 bits per heavy atom. The van der Waals surface area contributed by atoms with E-state index < -0.39 is 0 Å². The van der Waals surface area contributed by atoms with E-state index in [1.807, 2.05) is 29.7 Å². The quantitative estimate of drug-likeness (QED) is 0.832. The highest BCUT2D eigenvalue weighted by atomic mass is 32.1. The molecule has 1 atom stereocenters. The van der Waals surface area contributed by atoms with Crippen molar-refractivity contribution in [1.29, 1.82) is 0 Å². The summed E-state index contributed by atoms with van der Waals surface area (Å²) in [7, 11) is 0. The average Bonchev–Trinajstić information content (AvgIpc) is 2.82. The minimum absolute atomic E-state index is 0.116. The summed E-state index contributed by atoms with van der Waals surface area (Å²) in [6.45, 7) is 4.76. The summed E-state index contributed by atoms with van der Waals surface area (Å²) in [6.07, 6.45) is 0.959. The van der Waals surface area contributed by atoms with Crippen LogP contribution >= 0.6 is 12.2 Å². The highest BCUT2D eigenvalue weighted by Crippen LogP contribution is 2.12. The Bertz CT molecular complexity index is 632. The third kappa shape index (κ3) is 3.14. The highest BCUT2D eigenvalue weighted by Gasteiger charge is 2.16. The Labute approximate surface area is 123 Å². The Morgan fingerprint density at radius 1 is 1.45 bits per heavy atom. The van der Waals surface area contributed by atoms with Gasteiger partial charge in [0.1, 0.15) is 0 Å². The number of H-pyrrole nitrogens is 1. The fourth-order valence-corrected chi connectivity index (χ4v) is 2.26. The van der Waals surface area contributed by atoms with Crippen LogP contribution in [0.1, 0.15) is 42.5 Å². The predicted octanol–water partition coefficient (Wildman–Crippen LogP) is 2.84. The number of amides is 1. The Balaban J connectivity index is 2.14. The van der Waals surface area contributed by atoms with E-state index in [1.54, 1.807) is 12.1 Å². The first-order valence-electron chi connectivity index (χ1n) is 6.64. The van der Waals surface area contributed by atoms with Crippen LogP contribution in [0.5, 0.6) is 0 Å². The topological polar surface area (TPSA) is 62.7 Å². The summed E-state index contributed by atoms with van der Waals surface area (Å²) < 4.78 is 2.51. The van der Waals surface area contributed by atoms with E-state index in [9.17, 15) is 4.79 Å². The number of hydrogen-bond donors (Lipinski definition) is 2. The number of rotatable bonds is 5. The molecule has 5 nitrogen and oxygen atoms in total. The van der Waals surface area contributed by atoms with Crippen molar-refractivity contribution in [3.8, 4) is 0 Å². The van der Waals surface area contributed by atoms with E-state index in [0.29, 0.717) is 10.3 Å². The van der Waals surface area contributed by atoms with Gasteiger partial charge in [-0.15, -0.1) is 0 Å². The number of aromatic nitrogens is 3. The van der Waals surface area contributed by atoms with E-state index in [2.05, 4.69) is 22.4 Å².